The predicted molar refractivity (Wildman–Crippen MR) is 49.6 cm³/mol. The molecule has 0 saturated carbocycles. The number of likely N-dealkylation sites (N-methyl/N-ethyl adjacent to an activating group) is 1. The standard InChI is InChI=1S/C9H11N3O2/c1-10-5-4-8-11-12-9(14-8)7-3-2-6-13-7/h2-3,6,10H,4-5H2,1H3. The number of hydrogen-bond donors (Lipinski definition) is 1. The van der Waals surface area contributed by atoms with Crippen molar-refractivity contribution in [3.05, 3.63) is 24.3 Å². The Kier molecular flexibility index (Phi) is 2.60. The molecule has 0 bridgehead atoms. The van der Waals surface area contributed by atoms with Gasteiger partial charge in [-0.3, -0.25) is 0 Å². The van der Waals surface area contributed by atoms with Gasteiger partial charge in [0.05, 0.1) is 6.26 Å². The highest BCUT2D eigenvalue weighted by Crippen LogP contribution is 2.17. The van der Waals surface area contributed by atoms with Crippen molar-refractivity contribution < 1.29 is 8.83 Å². The van der Waals surface area contributed by atoms with E-state index >= 15 is 0 Å². The lowest BCUT2D eigenvalue weighted by Crippen LogP contribution is -2.10. The van der Waals surface area contributed by atoms with E-state index in [0.29, 0.717) is 17.5 Å². The molecule has 0 atom stereocenters. The third-order valence-corrected chi connectivity index (χ3v) is 1.79. The molecule has 2 rings (SSSR count). The first-order valence-corrected chi connectivity index (χ1v) is 4.41. The number of nitrogens with one attached hydrogen (secondary N) is 1. The SMILES string of the molecule is CNCCc1nnc(-c2ccco2)o1. The van der Waals surface area contributed by atoms with E-state index in [4.69, 9.17) is 8.83 Å². The summed E-state index contributed by atoms with van der Waals surface area (Å²) in [4.78, 5) is 0. The van der Waals surface area contributed by atoms with Gasteiger partial charge in [-0.05, 0) is 19.2 Å². The number of aromatic nitrogens is 2. The Bertz CT molecular complexity index is 380. The van der Waals surface area contributed by atoms with Crippen molar-refractivity contribution in [3.8, 4) is 11.7 Å². The van der Waals surface area contributed by atoms with Crippen molar-refractivity contribution in [2.24, 2.45) is 0 Å². The highest BCUT2D eigenvalue weighted by Gasteiger charge is 2.09. The monoisotopic (exact) mass is 193 g/mol. The zero-order valence-corrected chi connectivity index (χ0v) is 7.86. The molecule has 5 nitrogen and oxygen atoms in total. The molecular formula is C9H11N3O2. The summed E-state index contributed by atoms with van der Waals surface area (Å²) in [6.07, 6.45) is 2.30. The van der Waals surface area contributed by atoms with Crippen LogP contribution in [0.5, 0.6) is 0 Å². The Balaban J connectivity index is 2.10. The average molecular weight is 193 g/mol. The minimum absolute atomic E-state index is 0.432. The number of hydrogen-bond acceptors (Lipinski definition) is 5. The first-order chi connectivity index (χ1) is 6.90. The molecule has 2 aromatic heterocycles. The molecule has 0 fully saturated rings. The topological polar surface area (TPSA) is 64.1 Å². The Labute approximate surface area is 81.1 Å². The van der Waals surface area contributed by atoms with Crippen LogP contribution in [0.25, 0.3) is 11.7 Å². The van der Waals surface area contributed by atoms with Gasteiger partial charge < -0.3 is 14.2 Å². The van der Waals surface area contributed by atoms with Crippen molar-refractivity contribution in [3.63, 3.8) is 0 Å². The lowest BCUT2D eigenvalue weighted by molar-refractivity contribution is 0.476. The zero-order chi connectivity index (χ0) is 9.80. The molecule has 5 heteroatoms. The van der Waals surface area contributed by atoms with Crippen LogP contribution in [0.1, 0.15) is 5.89 Å². The van der Waals surface area contributed by atoms with Crippen LogP contribution in [0.3, 0.4) is 0 Å². The molecule has 0 saturated heterocycles. The molecule has 0 aromatic carbocycles. The van der Waals surface area contributed by atoms with Crippen LogP contribution in [0, 0.1) is 0 Å². The van der Waals surface area contributed by atoms with Gasteiger partial charge in [0.2, 0.25) is 5.89 Å². The third kappa shape index (κ3) is 1.82. The minimum atomic E-state index is 0.432. The highest BCUT2D eigenvalue weighted by atomic mass is 16.4. The van der Waals surface area contributed by atoms with Crippen molar-refractivity contribution in [2.75, 3.05) is 13.6 Å². The maximum atomic E-state index is 5.37. The Morgan fingerprint density at radius 3 is 3.07 bits per heavy atom. The molecule has 2 heterocycles. The van der Waals surface area contributed by atoms with E-state index in [2.05, 4.69) is 15.5 Å². The fraction of sp³-hybridized carbons (Fsp3) is 0.333. The molecule has 2 aromatic rings. The summed E-state index contributed by atoms with van der Waals surface area (Å²) in [6, 6.07) is 3.57. The van der Waals surface area contributed by atoms with Gasteiger partial charge in [-0.2, -0.15) is 0 Å². The zero-order valence-electron chi connectivity index (χ0n) is 7.86. The predicted octanol–water partition coefficient (Wildman–Crippen LogP) is 1.09. The Morgan fingerprint density at radius 1 is 1.43 bits per heavy atom. The molecule has 14 heavy (non-hydrogen) atoms. The average Bonchev–Trinajstić information content (AvgIpc) is 2.85. The summed E-state index contributed by atoms with van der Waals surface area (Å²) >= 11 is 0. The quantitative estimate of drug-likeness (QED) is 0.787. The number of nitrogens with zero attached hydrogens (tertiary/aromatic N) is 2. The fourth-order valence-corrected chi connectivity index (χ4v) is 1.09. The highest BCUT2D eigenvalue weighted by molar-refractivity contribution is 5.42. The number of furan rings is 1. The van der Waals surface area contributed by atoms with Crippen molar-refractivity contribution in [1.82, 2.24) is 15.5 Å². The lowest BCUT2D eigenvalue weighted by atomic mass is 10.4. The molecule has 0 amide bonds. The van der Waals surface area contributed by atoms with Gasteiger partial charge in [-0.1, -0.05) is 0 Å². The van der Waals surface area contributed by atoms with Gasteiger partial charge in [-0.15, -0.1) is 10.2 Å². The van der Waals surface area contributed by atoms with Crippen LogP contribution in [0.15, 0.2) is 27.2 Å². The lowest BCUT2D eigenvalue weighted by Gasteiger charge is -1.91. The van der Waals surface area contributed by atoms with E-state index in [1.54, 1.807) is 18.4 Å². The van der Waals surface area contributed by atoms with Gasteiger partial charge in [0.15, 0.2) is 5.76 Å². The second-order valence-electron chi connectivity index (χ2n) is 2.83. The molecule has 1 N–H and O–H groups in total. The molecular weight excluding hydrogens is 182 g/mol. The largest absolute Gasteiger partial charge is 0.459 e. The molecule has 0 aliphatic carbocycles. The van der Waals surface area contributed by atoms with Gasteiger partial charge in [-0.25, -0.2) is 0 Å². The van der Waals surface area contributed by atoms with Crippen molar-refractivity contribution in [2.45, 2.75) is 6.42 Å². The fourth-order valence-electron chi connectivity index (χ4n) is 1.09. The van der Waals surface area contributed by atoms with E-state index in [9.17, 15) is 0 Å². The Morgan fingerprint density at radius 2 is 2.36 bits per heavy atom. The van der Waals surface area contributed by atoms with Gasteiger partial charge in [0.1, 0.15) is 0 Å². The van der Waals surface area contributed by atoms with E-state index in [1.807, 2.05) is 7.05 Å². The Hall–Kier alpha value is -1.62. The second kappa shape index (κ2) is 4.06. The van der Waals surface area contributed by atoms with Crippen molar-refractivity contribution >= 4 is 0 Å². The summed E-state index contributed by atoms with van der Waals surface area (Å²) in [5.74, 6) is 1.65. The maximum absolute atomic E-state index is 5.37. The second-order valence-corrected chi connectivity index (χ2v) is 2.83. The third-order valence-electron chi connectivity index (χ3n) is 1.79. The first-order valence-electron chi connectivity index (χ1n) is 4.41. The van der Waals surface area contributed by atoms with Crippen LogP contribution >= 0.6 is 0 Å². The molecule has 0 spiro atoms. The van der Waals surface area contributed by atoms with Gasteiger partial charge in [0.25, 0.3) is 5.89 Å². The summed E-state index contributed by atoms with van der Waals surface area (Å²) in [7, 11) is 1.88. The number of rotatable bonds is 4. The maximum Gasteiger partial charge on any atom is 0.283 e. The van der Waals surface area contributed by atoms with E-state index in [1.165, 1.54) is 0 Å². The van der Waals surface area contributed by atoms with Crippen LogP contribution in [0.2, 0.25) is 0 Å². The van der Waals surface area contributed by atoms with Crippen LogP contribution in [-0.2, 0) is 6.42 Å². The smallest absolute Gasteiger partial charge is 0.283 e. The van der Waals surface area contributed by atoms with E-state index in [-0.39, 0.29) is 0 Å². The summed E-state index contributed by atoms with van der Waals surface area (Å²) in [5, 5.41) is 10.8. The molecule has 0 aliphatic heterocycles. The molecule has 0 radical (unpaired) electrons. The van der Waals surface area contributed by atoms with Crippen LogP contribution < -0.4 is 5.32 Å². The minimum Gasteiger partial charge on any atom is -0.459 e. The first kappa shape index (κ1) is 8.96. The molecule has 0 aliphatic rings. The summed E-state index contributed by atoms with van der Waals surface area (Å²) in [5.41, 5.74) is 0. The van der Waals surface area contributed by atoms with Crippen LogP contribution in [0.4, 0.5) is 0 Å². The molecule has 0 unspecified atom stereocenters. The summed E-state index contributed by atoms with van der Waals surface area (Å²) in [6.45, 7) is 0.819. The summed E-state index contributed by atoms with van der Waals surface area (Å²) < 4.78 is 10.5. The van der Waals surface area contributed by atoms with E-state index in [0.717, 1.165) is 13.0 Å². The van der Waals surface area contributed by atoms with Gasteiger partial charge >= 0.3 is 0 Å². The normalized spacial score (nSPS) is 10.6. The van der Waals surface area contributed by atoms with Crippen LogP contribution in [-0.4, -0.2) is 23.8 Å². The van der Waals surface area contributed by atoms with Gasteiger partial charge in [0, 0.05) is 13.0 Å². The van der Waals surface area contributed by atoms with Crippen molar-refractivity contribution in [1.29, 1.82) is 0 Å². The molecule has 74 valence electrons. The van der Waals surface area contributed by atoms with E-state index < -0.39 is 0 Å².